The molecule has 9 heavy (non-hydrogen) atoms. The summed E-state index contributed by atoms with van der Waals surface area (Å²) in [6.45, 7) is 6.67. The van der Waals surface area contributed by atoms with Crippen molar-refractivity contribution < 1.29 is 14.3 Å². The van der Waals surface area contributed by atoms with E-state index < -0.39 is 6.29 Å². The molecule has 0 aromatic heterocycles. The van der Waals surface area contributed by atoms with Crippen molar-refractivity contribution in [1.82, 2.24) is 0 Å². The predicted octanol–water partition coefficient (Wildman–Crippen LogP) is 0.841. The van der Waals surface area contributed by atoms with E-state index in [9.17, 15) is 4.79 Å². The van der Waals surface area contributed by atoms with Crippen LogP contribution in [0.1, 0.15) is 20.8 Å². The van der Waals surface area contributed by atoms with Crippen LogP contribution in [0.5, 0.6) is 0 Å². The molecule has 0 heterocycles. The summed E-state index contributed by atoms with van der Waals surface area (Å²) >= 11 is 0. The van der Waals surface area contributed by atoms with Gasteiger partial charge in [0.15, 0.2) is 0 Å². The quantitative estimate of drug-likeness (QED) is 0.530. The summed E-state index contributed by atoms with van der Waals surface area (Å²) in [6, 6.07) is 0. The molecule has 1 unspecified atom stereocenters. The van der Waals surface area contributed by atoms with E-state index in [1.165, 1.54) is 6.47 Å². The number of hydrogen-bond donors (Lipinski definition) is 0. The van der Waals surface area contributed by atoms with E-state index in [1.807, 2.05) is 13.8 Å². The van der Waals surface area contributed by atoms with Crippen LogP contribution in [0.3, 0.4) is 0 Å². The first kappa shape index (κ1) is 8.43. The van der Waals surface area contributed by atoms with Crippen molar-refractivity contribution in [2.75, 3.05) is 0 Å². The van der Waals surface area contributed by atoms with E-state index in [2.05, 4.69) is 4.74 Å². The standard InChI is InChI=1S/C6H11O3/c1-5(2)9-6(3)8-4-7/h5-6H,1-3H3. The second-order valence-corrected chi connectivity index (χ2v) is 1.95. The van der Waals surface area contributed by atoms with Gasteiger partial charge in [-0.2, -0.15) is 0 Å². The van der Waals surface area contributed by atoms with Gasteiger partial charge in [-0.3, -0.25) is 0 Å². The molecule has 0 aromatic carbocycles. The zero-order chi connectivity index (χ0) is 7.28. The topological polar surface area (TPSA) is 35.5 Å². The molecule has 0 bridgehead atoms. The summed E-state index contributed by atoms with van der Waals surface area (Å²) in [7, 11) is 0. The number of hydrogen-bond acceptors (Lipinski definition) is 3. The fourth-order valence-electron chi connectivity index (χ4n) is 0.479. The SMILES string of the molecule is CC(C)OC(C)O[C]=O. The monoisotopic (exact) mass is 131 g/mol. The molecular formula is C6H11O3. The third-order valence-electron chi connectivity index (χ3n) is 0.678. The van der Waals surface area contributed by atoms with Crippen molar-refractivity contribution in [2.45, 2.75) is 33.2 Å². The fraction of sp³-hybridized carbons (Fsp3) is 0.833. The average molecular weight is 131 g/mol. The number of rotatable bonds is 4. The molecule has 0 saturated carbocycles. The Morgan fingerprint density at radius 2 is 1.89 bits per heavy atom. The van der Waals surface area contributed by atoms with Gasteiger partial charge in [0.1, 0.15) is 0 Å². The maximum absolute atomic E-state index is 9.57. The molecule has 0 aliphatic heterocycles. The molecule has 0 aliphatic carbocycles. The van der Waals surface area contributed by atoms with Gasteiger partial charge in [-0.05, 0) is 20.8 Å². The van der Waals surface area contributed by atoms with Gasteiger partial charge in [0, 0.05) is 0 Å². The lowest BCUT2D eigenvalue weighted by Gasteiger charge is -2.12. The lowest BCUT2D eigenvalue weighted by Crippen LogP contribution is -2.16. The lowest BCUT2D eigenvalue weighted by molar-refractivity contribution is -0.103. The van der Waals surface area contributed by atoms with Crippen LogP contribution in [0.4, 0.5) is 0 Å². The van der Waals surface area contributed by atoms with Gasteiger partial charge >= 0.3 is 6.47 Å². The molecular weight excluding hydrogens is 120 g/mol. The Morgan fingerprint density at radius 1 is 1.33 bits per heavy atom. The van der Waals surface area contributed by atoms with E-state index in [0.717, 1.165) is 0 Å². The largest absolute Gasteiger partial charge is 0.428 e. The van der Waals surface area contributed by atoms with Crippen molar-refractivity contribution in [1.29, 1.82) is 0 Å². The van der Waals surface area contributed by atoms with Crippen LogP contribution in [0.25, 0.3) is 0 Å². The summed E-state index contributed by atoms with van der Waals surface area (Å²) in [5, 5.41) is 0. The zero-order valence-electron chi connectivity index (χ0n) is 5.88. The first-order valence-electron chi connectivity index (χ1n) is 2.85. The molecule has 1 radical (unpaired) electrons. The van der Waals surface area contributed by atoms with Crippen LogP contribution < -0.4 is 0 Å². The fourth-order valence-corrected chi connectivity index (χ4v) is 0.479. The molecule has 53 valence electrons. The van der Waals surface area contributed by atoms with E-state index in [1.54, 1.807) is 6.92 Å². The second kappa shape index (κ2) is 4.32. The van der Waals surface area contributed by atoms with E-state index in [0.29, 0.717) is 0 Å². The Balaban J connectivity index is 3.25. The van der Waals surface area contributed by atoms with Gasteiger partial charge in [-0.15, -0.1) is 0 Å². The number of ether oxygens (including phenoxy) is 2. The minimum absolute atomic E-state index is 0.0772. The number of carbonyl (C=O) groups excluding carboxylic acids is 1. The Bertz CT molecular complexity index is 80.4. The molecule has 0 aromatic rings. The van der Waals surface area contributed by atoms with Gasteiger partial charge in [0.05, 0.1) is 6.10 Å². The third-order valence-corrected chi connectivity index (χ3v) is 0.678. The summed E-state index contributed by atoms with van der Waals surface area (Å²) < 4.78 is 9.33. The first-order valence-corrected chi connectivity index (χ1v) is 2.85. The zero-order valence-corrected chi connectivity index (χ0v) is 5.88. The summed E-state index contributed by atoms with van der Waals surface area (Å²) in [5.41, 5.74) is 0. The molecule has 0 spiro atoms. The molecule has 1 atom stereocenters. The van der Waals surface area contributed by atoms with Crippen LogP contribution in [-0.2, 0) is 14.3 Å². The van der Waals surface area contributed by atoms with Crippen molar-refractivity contribution >= 4 is 6.47 Å². The highest BCUT2D eigenvalue weighted by molar-refractivity contribution is 5.38. The maximum atomic E-state index is 9.57. The van der Waals surface area contributed by atoms with Gasteiger partial charge in [0.25, 0.3) is 0 Å². The van der Waals surface area contributed by atoms with Gasteiger partial charge < -0.3 is 9.47 Å². The van der Waals surface area contributed by atoms with Gasteiger partial charge in [-0.1, -0.05) is 0 Å². The van der Waals surface area contributed by atoms with Crippen molar-refractivity contribution in [2.24, 2.45) is 0 Å². The Hall–Kier alpha value is -0.570. The average Bonchev–Trinajstić information content (AvgIpc) is 1.63. The lowest BCUT2D eigenvalue weighted by atomic mass is 10.5. The first-order chi connectivity index (χ1) is 4.16. The molecule has 0 fully saturated rings. The Kier molecular flexibility index (Phi) is 4.05. The van der Waals surface area contributed by atoms with Crippen molar-refractivity contribution in [3.63, 3.8) is 0 Å². The molecule has 0 N–H and O–H groups in total. The Morgan fingerprint density at radius 3 is 2.22 bits per heavy atom. The van der Waals surface area contributed by atoms with Crippen LogP contribution in [0, 0.1) is 0 Å². The van der Waals surface area contributed by atoms with E-state index in [-0.39, 0.29) is 6.10 Å². The molecule has 3 nitrogen and oxygen atoms in total. The van der Waals surface area contributed by atoms with Gasteiger partial charge in [0.2, 0.25) is 6.29 Å². The predicted molar refractivity (Wildman–Crippen MR) is 32.5 cm³/mol. The summed E-state index contributed by atoms with van der Waals surface area (Å²) in [4.78, 5) is 9.57. The Labute approximate surface area is 55.0 Å². The van der Waals surface area contributed by atoms with Crippen LogP contribution >= 0.6 is 0 Å². The highest BCUT2D eigenvalue weighted by Crippen LogP contribution is 1.95. The third kappa shape index (κ3) is 5.30. The molecule has 0 aliphatic rings. The van der Waals surface area contributed by atoms with Crippen LogP contribution in [-0.4, -0.2) is 18.9 Å². The van der Waals surface area contributed by atoms with Crippen LogP contribution in [0.2, 0.25) is 0 Å². The van der Waals surface area contributed by atoms with Crippen molar-refractivity contribution in [3.05, 3.63) is 0 Å². The van der Waals surface area contributed by atoms with Crippen LogP contribution in [0.15, 0.2) is 0 Å². The van der Waals surface area contributed by atoms with Gasteiger partial charge in [-0.25, -0.2) is 4.79 Å². The highest BCUT2D eigenvalue weighted by atomic mass is 16.7. The highest BCUT2D eigenvalue weighted by Gasteiger charge is 2.02. The molecule has 3 heteroatoms. The minimum atomic E-state index is -0.484. The van der Waals surface area contributed by atoms with E-state index >= 15 is 0 Å². The normalized spacial score (nSPS) is 13.3. The molecule has 0 amide bonds. The van der Waals surface area contributed by atoms with E-state index in [4.69, 9.17) is 4.74 Å². The molecule has 0 saturated heterocycles. The smallest absolute Gasteiger partial charge is 0.419 e. The van der Waals surface area contributed by atoms with Crippen molar-refractivity contribution in [3.8, 4) is 0 Å². The molecule has 0 rings (SSSR count). The summed E-state index contributed by atoms with van der Waals surface area (Å²) in [6.07, 6.45) is -0.407. The minimum Gasteiger partial charge on any atom is -0.428 e. The summed E-state index contributed by atoms with van der Waals surface area (Å²) in [5.74, 6) is 0. The maximum Gasteiger partial charge on any atom is 0.419 e. The second-order valence-electron chi connectivity index (χ2n) is 1.95.